The van der Waals surface area contributed by atoms with Gasteiger partial charge in [-0.3, -0.25) is 4.79 Å². The van der Waals surface area contributed by atoms with Crippen molar-refractivity contribution in [3.05, 3.63) is 0 Å². The average molecular weight is 296 g/mol. The molecule has 0 aliphatic carbocycles. The van der Waals surface area contributed by atoms with Crippen molar-refractivity contribution < 1.29 is 4.79 Å². The van der Waals surface area contributed by atoms with Crippen LogP contribution in [0.3, 0.4) is 0 Å². The molecule has 3 N–H and O–H groups in total. The van der Waals surface area contributed by atoms with E-state index in [2.05, 4.69) is 22.2 Å². The van der Waals surface area contributed by atoms with Crippen molar-refractivity contribution in [3.8, 4) is 0 Å². The number of likely N-dealkylation sites (tertiary alicyclic amines) is 2. The standard InChI is InChI=1S/C16H32N4O/c1-4-18-16(2,15(17)21)8-11-20-10-7-14-13(12-20)6-5-9-19(14)3/h13-14,18H,4-12H2,1-3H3,(H2,17,21). The number of carbonyl (C=O) groups excluding carboxylic acids is 1. The largest absolute Gasteiger partial charge is 0.368 e. The Bertz CT molecular complexity index is 362. The Morgan fingerprint density at radius 1 is 1.38 bits per heavy atom. The third kappa shape index (κ3) is 3.96. The molecule has 0 bridgehead atoms. The summed E-state index contributed by atoms with van der Waals surface area (Å²) < 4.78 is 0. The van der Waals surface area contributed by atoms with Gasteiger partial charge in [0.25, 0.3) is 0 Å². The van der Waals surface area contributed by atoms with Crippen molar-refractivity contribution in [2.75, 3.05) is 39.8 Å². The molecule has 2 rings (SSSR count). The molecule has 0 radical (unpaired) electrons. The Balaban J connectivity index is 1.85. The van der Waals surface area contributed by atoms with Crippen molar-refractivity contribution in [2.24, 2.45) is 11.7 Å². The summed E-state index contributed by atoms with van der Waals surface area (Å²) in [6.07, 6.45) is 4.73. The fourth-order valence-corrected chi connectivity index (χ4v) is 4.00. The molecule has 5 nitrogen and oxygen atoms in total. The van der Waals surface area contributed by atoms with Crippen LogP contribution in [0.4, 0.5) is 0 Å². The molecule has 5 heteroatoms. The predicted molar refractivity (Wildman–Crippen MR) is 86.1 cm³/mol. The van der Waals surface area contributed by atoms with E-state index in [9.17, 15) is 4.79 Å². The molecule has 1 amide bonds. The van der Waals surface area contributed by atoms with Gasteiger partial charge in [0.05, 0.1) is 5.54 Å². The fraction of sp³-hybridized carbons (Fsp3) is 0.938. The van der Waals surface area contributed by atoms with Crippen LogP contribution >= 0.6 is 0 Å². The number of fused-ring (bicyclic) bond motifs is 1. The lowest BCUT2D eigenvalue weighted by Gasteiger charge is -2.46. The van der Waals surface area contributed by atoms with Gasteiger partial charge in [-0.15, -0.1) is 0 Å². The van der Waals surface area contributed by atoms with Gasteiger partial charge < -0.3 is 20.9 Å². The average Bonchev–Trinajstić information content (AvgIpc) is 2.45. The minimum Gasteiger partial charge on any atom is -0.368 e. The van der Waals surface area contributed by atoms with Crippen LogP contribution in [0.5, 0.6) is 0 Å². The van der Waals surface area contributed by atoms with Gasteiger partial charge in [-0.1, -0.05) is 6.92 Å². The molecule has 21 heavy (non-hydrogen) atoms. The van der Waals surface area contributed by atoms with Crippen LogP contribution in [0.1, 0.15) is 39.5 Å². The van der Waals surface area contributed by atoms with Crippen LogP contribution in [0, 0.1) is 5.92 Å². The molecule has 0 saturated carbocycles. The maximum absolute atomic E-state index is 11.7. The van der Waals surface area contributed by atoms with E-state index in [1.54, 1.807) is 0 Å². The first kappa shape index (κ1) is 16.7. The topological polar surface area (TPSA) is 61.6 Å². The molecule has 0 aromatic carbocycles. The number of hydrogen-bond donors (Lipinski definition) is 2. The van der Waals surface area contributed by atoms with Gasteiger partial charge in [0.1, 0.15) is 0 Å². The minimum atomic E-state index is -0.574. The summed E-state index contributed by atoms with van der Waals surface area (Å²) in [7, 11) is 2.27. The van der Waals surface area contributed by atoms with Crippen molar-refractivity contribution in [2.45, 2.75) is 51.1 Å². The Morgan fingerprint density at radius 3 is 2.81 bits per heavy atom. The Morgan fingerprint density at radius 2 is 2.14 bits per heavy atom. The SMILES string of the molecule is CCNC(C)(CCN1CCC2C(CCCN2C)C1)C(N)=O. The minimum absolute atomic E-state index is 0.239. The van der Waals surface area contributed by atoms with Crippen molar-refractivity contribution in [1.82, 2.24) is 15.1 Å². The van der Waals surface area contributed by atoms with Crippen molar-refractivity contribution >= 4 is 5.91 Å². The van der Waals surface area contributed by atoms with E-state index in [1.165, 1.54) is 32.4 Å². The van der Waals surface area contributed by atoms with Gasteiger partial charge in [0.2, 0.25) is 5.91 Å². The maximum Gasteiger partial charge on any atom is 0.237 e. The summed E-state index contributed by atoms with van der Waals surface area (Å²) in [5.41, 5.74) is 5.00. The monoisotopic (exact) mass is 296 g/mol. The Kier molecular flexibility index (Phi) is 5.63. The van der Waals surface area contributed by atoms with Crippen molar-refractivity contribution in [1.29, 1.82) is 0 Å². The van der Waals surface area contributed by atoms with Gasteiger partial charge in [0.15, 0.2) is 0 Å². The Labute approximate surface area is 129 Å². The second-order valence-electron chi connectivity index (χ2n) is 7.02. The highest BCUT2D eigenvalue weighted by molar-refractivity contribution is 5.84. The van der Waals surface area contributed by atoms with E-state index >= 15 is 0 Å². The summed E-state index contributed by atoms with van der Waals surface area (Å²) in [5, 5.41) is 3.25. The lowest BCUT2D eigenvalue weighted by atomic mass is 9.84. The molecule has 2 heterocycles. The summed E-state index contributed by atoms with van der Waals surface area (Å²) in [6.45, 7) is 9.25. The first-order valence-electron chi connectivity index (χ1n) is 8.44. The third-order valence-corrected chi connectivity index (χ3v) is 5.47. The van der Waals surface area contributed by atoms with E-state index in [-0.39, 0.29) is 5.91 Å². The zero-order valence-electron chi connectivity index (χ0n) is 13.9. The number of hydrogen-bond acceptors (Lipinski definition) is 4. The van der Waals surface area contributed by atoms with Crippen molar-refractivity contribution in [3.63, 3.8) is 0 Å². The molecular weight excluding hydrogens is 264 g/mol. The van der Waals surface area contributed by atoms with Crippen LogP contribution in [-0.4, -0.2) is 67.1 Å². The van der Waals surface area contributed by atoms with Crippen LogP contribution in [0.2, 0.25) is 0 Å². The summed E-state index contributed by atoms with van der Waals surface area (Å²) in [5.74, 6) is 0.563. The number of nitrogens with zero attached hydrogens (tertiary/aromatic N) is 2. The molecule has 2 aliphatic rings. The number of nitrogens with two attached hydrogens (primary N) is 1. The summed E-state index contributed by atoms with van der Waals surface area (Å²) in [4.78, 5) is 16.8. The molecule has 0 aromatic rings. The van der Waals surface area contributed by atoms with Gasteiger partial charge in [-0.25, -0.2) is 0 Å². The smallest absolute Gasteiger partial charge is 0.237 e. The zero-order valence-corrected chi connectivity index (χ0v) is 13.9. The van der Waals surface area contributed by atoms with E-state index in [1.807, 2.05) is 13.8 Å². The first-order chi connectivity index (χ1) is 9.96. The first-order valence-corrected chi connectivity index (χ1v) is 8.44. The predicted octanol–water partition coefficient (Wildman–Crippen LogP) is 0.646. The van der Waals surface area contributed by atoms with Gasteiger partial charge in [0, 0.05) is 19.1 Å². The lowest BCUT2D eigenvalue weighted by molar-refractivity contribution is -0.124. The molecule has 2 saturated heterocycles. The van der Waals surface area contributed by atoms with Gasteiger partial charge in [-0.2, -0.15) is 0 Å². The van der Waals surface area contributed by atoms with Gasteiger partial charge >= 0.3 is 0 Å². The number of carbonyl (C=O) groups is 1. The number of amides is 1. The molecule has 0 aromatic heterocycles. The number of likely N-dealkylation sites (N-methyl/N-ethyl adjacent to an activating group) is 1. The molecule has 122 valence electrons. The highest BCUT2D eigenvalue weighted by Crippen LogP contribution is 2.29. The zero-order chi connectivity index (χ0) is 15.5. The molecule has 3 unspecified atom stereocenters. The quantitative estimate of drug-likeness (QED) is 0.755. The maximum atomic E-state index is 11.7. The van der Waals surface area contributed by atoms with E-state index < -0.39 is 5.54 Å². The van der Waals surface area contributed by atoms with Crippen LogP contribution in [-0.2, 0) is 4.79 Å². The Hall–Kier alpha value is -0.650. The lowest BCUT2D eigenvalue weighted by Crippen LogP contribution is -2.56. The van der Waals surface area contributed by atoms with E-state index in [0.29, 0.717) is 0 Å². The number of piperidine rings is 2. The van der Waals surface area contributed by atoms with E-state index in [0.717, 1.165) is 38.0 Å². The van der Waals surface area contributed by atoms with Gasteiger partial charge in [-0.05, 0) is 65.2 Å². The summed E-state index contributed by atoms with van der Waals surface area (Å²) >= 11 is 0. The summed E-state index contributed by atoms with van der Waals surface area (Å²) in [6, 6.07) is 0.770. The number of rotatable bonds is 6. The molecular formula is C16H32N4O. The highest BCUT2D eigenvalue weighted by Gasteiger charge is 2.36. The fourth-order valence-electron chi connectivity index (χ4n) is 4.00. The second-order valence-corrected chi connectivity index (χ2v) is 7.02. The molecule has 2 fully saturated rings. The molecule has 0 spiro atoms. The van der Waals surface area contributed by atoms with Crippen LogP contribution < -0.4 is 11.1 Å². The normalized spacial score (nSPS) is 30.6. The van der Waals surface area contributed by atoms with E-state index in [4.69, 9.17) is 5.73 Å². The highest BCUT2D eigenvalue weighted by atomic mass is 16.1. The molecule has 3 atom stereocenters. The third-order valence-electron chi connectivity index (χ3n) is 5.47. The number of nitrogens with one attached hydrogen (secondary N) is 1. The second kappa shape index (κ2) is 7.07. The number of primary amides is 1. The van der Waals surface area contributed by atoms with Crippen LogP contribution in [0.15, 0.2) is 0 Å². The van der Waals surface area contributed by atoms with Crippen LogP contribution in [0.25, 0.3) is 0 Å². The molecule has 2 aliphatic heterocycles.